The molecule has 2 aromatic heterocycles. The van der Waals surface area contributed by atoms with E-state index in [1.54, 1.807) is 0 Å². The summed E-state index contributed by atoms with van der Waals surface area (Å²) in [7, 11) is 0. The highest BCUT2D eigenvalue weighted by molar-refractivity contribution is 6.05. The third-order valence-electron chi connectivity index (χ3n) is 5.99. The van der Waals surface area contributed by atoms with Crippen LogP contribution in [-0.2, 0) is 6.18 Å². The highest BCUT2D eigenvalue weighted by Crippen LogP contribution is 2.30. The average Bonchev–Trinajstić information content (AvgIpc) is 3.08. The van der Waals surface area contributed by atoms with Gasteiger partial charge in [0.2, 0.25) is 0 Å². The van der Waals surface area contributed by atoms with Crippen molar-refractivity contribution < 1.29 is 18.0 Å². The Labute approximate surface area is 196 Å². The third-order valence-corrected chi connectivity index (χ3v) is 5.99. The molecule has 0 aliphatic carbocycles. The predicted octanol–water partition coefficient (Wildman–Crippen LogP) is 6.04. The molecule has 1 fully saturated rings. The van der Waals surface area contributed by atoms with Crippen molar-refractivity contribution >= 4 is 17.3 Å². The molecular weight excluding hydrogens is 443 g/mol. The average molecular weight is 472 g/mol. The maximum atomic E-state index is 13.1. The quantitative estimate of drug-likeness (QED) is 0.493. The number of amides is 1. The largest absolute Gasteiger partial charge is 0.417 e. The van der Waals surface area contributed by atoms with Crippen LogP contribution < -0.4 is 10.2 Å². The van der Waals surface area contributed by atoms with Crippen molar-refractivity contribution in [3.63, 3.8) is 0 Å². The molecule has 180 valence electrons. The summed E-state index contributed by atoms with van der Waals surface area (Å²) in [6.45, 7) is 5.87. The summed E-state index contributed by atoms with van der Waals surface area (Å²) in [6.07, 6.45) is 2.63. The number of halogens is 3. The van der Waals surface area contributed by atoms with E-state index in [4.69, 9.17) is 0 Å². The standard InChI is InChI=1S/C25H28F3N5O/c1-17(2)23-21(16-30-33(23)22-12-7-18(15-29-22)25(26,27)28)24(34)31-19-8-10-20(11-9-19)32-13-5-3-4-6-14-32/h7-12,15-17H,3-6,13-14H2,1-2H3,(H,31,34). The number of rotatable bonds is 5. The van der Waals surface area contributed by atoms with Crippen molar-refractivity contribution in [1.29, 1.82) is 0 Å². The molecule has 1 aliphatic heterocycles. The van der Waals surface area contributed by atoms with Gasteiger partial charge < -0.3 is 10.2 Å². The van der Waals surface area contributed by atoms with Gasteiger partial charge in [-0.15, -0.1) is 0 Å². The number of carbonyl (C=O) groups is 1. The molecular formula is C25H28F3N5O. The lowest BCUT2D eigenvalue weighted by Crippen LogP contribution is -2.23. The molecule has 4 rings (SSSR count). The first-order chi connectivity index (χ1) is 16.2. The topological polar surface area (TPSA) is 63.1 Å². The second-order valence-corrected chi connectivity index (χ2v) is 8.82. The van der Waals surface area contributed by atoms with E-state index in [0.717, 1.165) is 31.0 Å². The van der Waals surface area contributed by atoms with Crippen LogP contribution in [0.2, 0.25) is 0 Å². The van der Waals surface area contributed by atoms with Crippen molar-refractivity contribution in [2.75, 3.05) is 23.3 Å². The van der Waals surface area contributed by atoms with Crippen molar-refractivity contribution in [3.8, 4) is 5.82 Å². The number of benzene rings is 1. The van der Waals surface area contributed by atoms with Gasteiger partial charge in [0, 0.05) is 30.7 Å². The van der Waals surface area contributed by atoms with E-state index in [9.17, 15) is 18.0 Å². The highest BCUT2D eigenvalue weighted by Gasteiger charge is 2.31. The smallest absolute Gasteiger partial charge is 0.372 e. The van der Waals surface area contributed by atoms with Gasteiger partial charge in [-0.3, -0.25) is 4.79 Å². The second-order valence-electron chi connectivity index (χ2n) is 8.82. The maximum Gasteiger partial charge on any atom is 0.417 e. The molecule has 0 radical (unpaired) electrons. The van der Waals surface area contributed by atoms with Crippen LogP contribution in [0.3, 0.4) is 0 Å². The number of hydrogen-bond donors (Lipinski definition) is 1. The second kappa shape index (κ2) is 9.87. The van der Waals surface area contributed by atoms with Gasteiger partial charge in [0.1, 0.15) is 0 Å². The van der Waals surface area contributed by atoms with E-state index in [0.29, 0.717) is 16.9 Å². The van der Waals surface area contributed by atoms with E-state index < -0.39 is 11.7 Å². The van der Waals surface area contributed by atoms with Gasteiger partial charge in [-0.1, -0.05) is 26.7 Å². The molecule has 1 aliphatic rings. The minimum Gasteiger partial charge on any atom is -0.372 e. The van der Waals surface area contributed by atoms with Crippen LogP contribution in [0.15, 0.2) is 48.8 Å². The molecule has 9 heteroatoms. The summed E-state index contributed by atoms with van der Waals surface area (Å²) in [5.41, 5.74) is 1.90. The lowest BCUT2D eigenvalue weighted by atomic mass is 10.1. The fourth-order valence-electron chi connectivity index (χ4n) is 4.23. The Morgan fingerprint density at radius 3 is 2.21 bits per heavy atom. The Kier molecular flexibility index (Phi) is 6.90. The summed E-state index contributed by atoms with van der Waals surface area (Å²) in [6, 6.07) is 10.0. The number of aromatic nitrogens is 3. The Morgan fingerprint density at radius 2 is 1.65 bits per heavy atom. The van der Waals surface area contributed by atoms with E-state index in [2.05, 4.69) is 20.3 Å². The summed E-state index contributed by atoms with van der Waals surface area (Å²) in [5, 5.41) is 7.16. The van der Waals surface area contributed by atoms with Crippen molar-refractivity contribution in [3.05, 3.63) is 65.6 Å². The Hall–Kier alpha value is -3.36. The van der Waals surface area contributed by atoms with E-state index in [-0.39, 0.29) is 17.6 Å². The van der Waals surface area contributed by atoms with Gasteiger partial charge in [-0.25, -0.2) is 9.67 Å². The molecule has 1 N–H and O–H groups in total. The van der Waals surface area contributed by atoms with Gasteiger partial charge in [-0.05, 0) is 55.2 Å². The minimum atomic E-state index is -4.47. The molecule has 0 saturated carbocycles. The van der Waals surface area contributed by atoms with Crippen molar-refractivity contribution in [1.82, 2.24) is 14.8 Å². The number of hydrogen-bond acceptors (Lipinski definition) is 4. The van der Waals surface area contributed by atoms with Crippen LogP contribution in [0.1, 0.15) is 67.1 Å². The van der Waals surface area contributed by atoms with Crippen LogP contribution >= 0.6 is 0 Å². The van der Waals surface area contributed by atoms with Gasteiger partial charge >= 0.3 is 6.18 Å². The van der Waals surface area contributed by atoms with Gasteiger partial charge in [0.25, 0.3) is 5.91 Å². The van der Waals surface area contributed by atoms with E-state index >= 15 is 0 Å². The number of alkyl halides is 3. The maximum absolute atomic E-state index is 13.1. The van der Waals surface area contributed by atoms with Gasteiger partial charge in [0.15, 0.2) is 5.82 Å². The molecule has 0 bridgehead atoms. The normalized spacial score (nSPS) is 14.8. The third kappa shape index (κ3) is 5.24. The zero-order valence-corrected chi connectivity index (χ0v) is 19.3. The van der Waals surface area contributed by atoms with Crippen molar-refractivity contribution in [2.45, 2.75) is 51.6 Å². The monoisotopic (exact) mass is 471 g/mol. The van der Waals surface area contributed by atoms with E-state index in [1.807, 2.05) is 38.1 Å². The molecule has 1 amide bonds. The predicted molar refractivity (Wildman–Crippen MR) is 126 cm³/mol. The first-order valence-corrected chi connectivity index (χ1v) is 11.5. The molecule has 6 nitrogen and oxygen atoms in total. The van der Waals surface area contributed by atoms with Gasteiger partial charge in [-0.2, -0.15) is 18.3 Å². The Bertz CT molecular complexity index is 1110. The zero-order valence-electron chi connectivity index (χ0n) is 19.3. The summed E-state index contributed by atoms with van der Waals surface area (Å²) in [4.78, 5) is 19.3. The molecule has 1 aromatic carbocycles. The first-order valence-electron chi connectivity index (χ1n) is 11.5. The molecule has 3 heterocycles. The molecule has 34 heavy (non-hydrogen) atoms. The van der Waals surface area contributed by atoms with Crippen LogP contribution in [0, 0.1) is 0 Å². The van der Waals surface area contributed by atoms with Crippen LogP contribution in [0.5, 0.6) is 0 Å². The van der Waals surface area contributed by atoms with Crippen LogP contribution in [0.4, 0.5) is 24.5 Å². The summed E-state index contributed by atoms with van der Waals surface area (Å²) in [5.74, 6) is -0.223. The molecule has 0 atom stereocenters. The lowest BCUT2D eigenvalue weighted by Gasteiger charge is -2.22. The number of carbonyl (C=O) groups excluding carboxylic acids is 1. The van der Waals surface area contributed by atoms with E-state index in [1.165, 1.54) is 42.6 Å². The number of nitrogens with one attached hydrogen (secondary N) is 1. The van der Waals surface area contributed by atoms with Crippen LogP contribution in [0.25, 0.3) is 5.82 Å². The Morgan fingerprint density at radius 1 is 0.971 bits per heavy atom. The molecule has 3 aromatic rings. The summed E-state index contributed by atoms with van der Waals surface area (Å²) >= 11 is 0. The fourth-order valence-corrected chi connectivity index (χ4v) is 4.23. The fraction of sp³-hybridized carbons (Fsp3) is 0.400. The molecule has 1 saturated heterocycles. The number of nitrogens with zero attached hydrogens (tertiary/aromatic N) is 4. The minimum absolute atomic E-state index is 0.113. The lowest BCUT2D eigenvalue weighted by molar-refractivity contribution is -0.137. The SMILES string of the molecule is CC(C)c1c(C(=O)Nc2ccc(N3CCCCCC3)cc2)cnn1-c1ccc(C(F)(F)F)cn1. The first kappa shape index (κ1) is 23.8. The molecule has 0 spiro atoms. The zero-order chi connectivity index (χ0) is 24.3. The Balaban J connectivity index is 1.53. The summed E-state index contributed by atoms with van der Waals surface area (Å²) < 4.78 is 40.1. The van der Waals surface area contributed by atoms with Gasteiger partial charge in [0.05, 0.1) is 23.0 Å². The highest BCUT2D eigenvalue weighted by atomic mass is 19.4. The van der Waals surface area contributed by atoms with Crippen molar-refractivity contribution in [2.24, 2.45) is 0 Å². The number of anilines is 2. The van der Waals surface area contributed by atoms with Crippen LogP contribution in [-0.4, -0.2) is 33.8 Å². The number of pyridine rings is 1. The molecule has 0 unspecified atom stereocenters.